The number of hydrogen-bond acceptors (Lipinski definition) is 4. The second-order valence-corrected chi connectivity index (χ2v) is 7.46. The van der Waals surface area contributed by atoms with Crippen molar-refractivity contribution in [1.82, 2.24) is 19.7 Å². The third-order valence-electron chi connectivity index (χ3n) is 5.92. The summed E-state index contributed by atoms with van der Waals surface area (Å²) in [7, 11) is 0. The van der Waals surface area contributed by atoms with Crippen LogP contribution < -0.4 is 5.73 Å². The predicted octanol–water partition coefficient (Wildman–Crippen LogP) is 2.87. The number of fused-ring (bicyclic) bond motifs is 1. The van der Waals surface area contributed by atoms with Crippen LogP contribution in [0.15, 0.2) is 24.4 Å². The number of nitrogens with two attached hydrogens (primary N) is 1. The first-order valence-corrected chi connectivity index (χ1v) is 9.08. The molecule has 2 fully saturated rings. The van der Waals surface area contributed by atoms with Crippen LogP contribution in [0.4, 0.5) is 0 Å². The number of likely N-dealkylation sites (tertiary alicyclic amines) is 1. The van der Waals surface area contributed by atoms with Crippen molar-refractivity contribution in [3.05, 3.63) is 41.3 Å². The smallest absolute Gasteiger partial charge is 0.153 e. The number of pyridine rings is 1. The molecule has 0 aromatic carbocycles. The van der Waals surface area contributed by atoms with Gasteiger partial charge in [0.05, 0.1) is 5.69 Å². The molecule has 2 N–H and O–H groups in total. The van der Waals surface area contributed by atoms with E-state index < -0.39 is 0 Å². The number of nitrogens with zero attached hydrogens (tertiary/aromatic N) is 4. The van der Waals surface area contributed by atoms with Gasteiger partial charge in [-0.3, -0.25) is 4.90 Å². The van der Waals surface area contributed by atoms with Crippen LogP contribution in [0, 0.1) is 25.7 Å². The van der Waals surface area contributed by atoms with Crippen LogP contribution in [-0.2, 0) is 6.54 Å². The Hall–Kier alpha value is -1.43. The fourth-order valence-electron chi connectivity index (χ4n) is 4.57. The summed E-state index contributed by atoms with van der Waals surface area (Å²) >= 11 is 0. The van der Waals surface area contributed by atoms with Gasteiger partial charge in [0.2, 0.25) is 0 Å². The lowest BCUT2D eigenvalue weighted by atomic mass is 9.78. The molecule has 6 heteroatoms. The summed E-state index contributed by atoms with van der Waals surface area (Å²) in [6, 6.07) is 6.34. The van der Waals surface area contributed by atoms with Crippen molar-refractivity contribution in [2.45, 2.75) is 45.7 Å². The molecule has 2 aliphatic rings. The van der Waals surface area contributed by atoms with Gasteiger partial charge >= 0.3 is 0 Å². The summed E-state index contributed by atoms with van der Waals surface area (Å²) in [5, 5.41) is 4.73. The average molecular weight is 362 g/mol. The van der Waals surface area contributed by atoms with Gasteiger partial charge in [0.1, 0.15) is 0 Å². The van der Waals surface area contributed by atoms with Crippen molar-refractivity contribution in [3.8, 4) is 5.82 Å². The summed E-state index contributed by atoms with van der Waals surface area (Å²) in [6.45, 7) is 7.56. The second kappa shape index (κ2) is 7.44. The molecule has 3 atom stereocenters. The van der Waals surface area contributed by atoms with E-state index >= 15 is 0 Å². The molecule has 1 aliphatic heterocycles. The summed E-state index contributed by atoms with van der Waals surface area (Å²) in [4.78, 5) is 7.02. The Labute approximate surface area is 156 Å². The van der Waals surface area contributed by atoms with E-state index in [1.54, 1.807) is 0 Å². The number of aryl methyl sites for hydroxylation is 1. The van der Waals surface area contributed by atoms with Crippen LogP contribution in [0.3, 0.4) is 0 Å². The van der Waals surface area contributed by atoms with Gasteiger partial charge in [0, 0.05) is 43.1 Å². The van der Waals surface area contributed by atoms with Crippen LogP contribution in [0.2, 0.25) is 0 Å². The molecule has 2 aromatic heterocycles. The molecule has 0 spiro atoms. The summed E-state index contributed by atoms with van der Waals surface area (Å²) in [6.07, 6.45) is 5.66. The van der Waals surface area contributed by atoms with E-state index in [1.165, 1.54) is 37.1 Å². The third-order valence-corrected chi connectivity index (χ3v) is 5.92. The van der Waals surface area contributed by atoms with E-state index in [1.807, 2.05) is 29.1 Å². The standard InChI is InChI=1S/C19H27N5.ClH/c1-13-16(14(2)24(22-13)19-8-3-4-9-21-19)11-23-10-15-6-5-7-18(20)17(15)12-23;/h3-4,8-9,15,17-18H,5-7,10-12,20H2,1-2H3;1H. The lowest BCUT2D eigenvalue weighted by molar-refractivity contribution is 0.259. The van der Waals surface area contributed by atoms with E-state index in [0.29, 0.717) is 12.0 Å². The summed E-state index contributed by atoms with van der Waals surface area (Å²) in [5.74, 6) is 2.37. The van der Waals surface area contributed by atoms with Gasteiger partial charge < -0.3 is 5.73 Å². The van der Waals surface area contributed by atoms with Gasteiger partial charge in [0.15, 0.2) is 5.82 Å². The van der Waals surface area contributed by atoms with E-state index in [2.05, 4.69) is 23.7 Å². The number of rotatable bonds is 3. The normalized spacial score (nSPS) is 26.3. The van der Waals surface area contributed by atoms with Crippen molar-refractivity contribution in [2.24, 2.45) is 17.6 Å². The molecule has 1 saturated heterocycles. The molecule has 0 bridgehead atoms. The Morgan fingerprint density at radius 2 is 2.04 bits per heavy atom. The van der Waals surface area contributed by atoms with Crippen LogP contribution in [-0.4, -0.2) is 38.8 Å². The van der Waals surface area contributed by atoms with Crippen molar-refractivity contribution in [1.29, 1.82) is 0 Å². The summed E-state index contributed by atoms with van der Waals surface area (Å²) < 4.78 is 1.97. The zero-order chi connectivity index (χ0) is 16.7. The van der Waals surface area contributed by atoms with E-state index in [4.69, 9.17) is 10.8 Å². The minimum absolute atomic E-state index is 0. The molecule has 0 amide bonds. The maximum Gasteiger partial charge on any atom is 0.153 e. The van der Waals surface area contributed by atoms with Gasteiger partial charge in [-0.2, -0.15) is 5.10 Å². The molecular formula is C19H28ClN5. The molecule has 0 radical (unpaired) electrons. The molecule has 136 valence electrons. The highest BCUT2D eigenvalue weighted by atomic mass is 35.5. The SMILES string of the molecule is Cc1nn(-c2ccccn2)c(C)c1CN1CC2CCCC(N)C2C1.Cl. The summed E-state index contributed by atoms with van der Waals surface area (Å²) in [5.41, 5.74) is 10.0. The van der Waals surface area contributed by atoms with Crippen LogP contribution in [0.25, 0.3) is 5.82 Å². The van der Waals surface area contributed by atoms with Crippen molar-refractivity contribution >= 4 is 12.4 Å². The lowest BCUT2D eigenvalue weighted by Crippen LogP contribution is -2.38. The van der Waals surface area contributed by atoms with E-state index in [0.717, 1.165) is 30.5 Å². The van der Waals surface area contributed by atoms with Crippen molar-refractivity contribution in [2.75, 3.05) is 13.1 Å². The fourth-order valence-corrected chi connectivity index (χ4v) is 4.57. The van der Waals surface area contributed by atoms with Gasteiger partial charge in [0.25, 0.3) is 0 Å². The Kier molecular flexibility index (Phi) is 5.46. The molecule has 25 heavy (non-hydrogen) atoms. The second-order valence-electron chi connectivity index (χ2n) is 7.46. The van der Waals surface area contributed by atoms with E-state index in [9.17, 15) is 0 Å². The van der Waals surface area contributed by atoms with Gasteiger partial charge in [-0.05, 0) is 50.7 Å². The first kappa shape index (κ1) is 18.4. The van der Waals surface area contributed by atoms with Crippen LogP contribution in [0.5, 0.6) is 0 Å². The molecule has 1 saturated carbocycles. The molecule has 3 heterocycles. The number of hydrogen-bond donors (Lipinski definition) is 1. The quantitative estimate of drug-likeness (QED) is 0.913. The minimum Gasteiger partial charge on any atom is -0.327 e. The Balaban J connectivity index is 0.00000182. The molecular weight excluding hydrogens is 334 g/mol. The maximum absolute atomic E-state index is 6.36. The molecule has 5 nitrogen and oxygen atoms in total. The highest BCUT2D eigenvalue weighted by Gasteiger charge is 2.38. The Morgan fingerprint density at radius 3 is 2.76 bits per heavy atom. The third kappa shape index (κ3) is 3.46. The fraction of sp³-hybridized carbons (Fsp3) is 0.579. The average Bonchev–Trinajstić information content (AvgIpc) is 3.13. The highest BCUT2D eigenvalue weighted by molar-refractivity contribution is 5.85. The maximum atomic E-state index is 6.36. The Bertz CT molecular complexity index is 714. The number of aromatic nitrogens is 3. The molecule has 4 rings (SSSR count). The van der Waals surface area contributed by atoms with Crippen LogP contribution >= 0.6 is 12.4 Å². The van der Waals surface area contributed by atoms with Crippen molar-refractivity contribution < 1.29 is 0 Å². The monoisotopic (exact) mass is 361 g/mol. The molecule has 3 unspecified atom stereocenters. The van der Waals surface area contributed by atoms with Gasteiger partial charge in [-0.25, -0.2) is 9.67 Å². The predicted molar refractivity (Wildman–Crippen MR) is 102 cm³/mol. The van der Waals surface area contributed by atoms with Gasteiger partial charge in [-0.1, -0.05) is 12.5 Å². The molecule has 1 aliphatic carbocycles. The van der Waals surface area contributed by atoms with Crippen molar-refractivity contribution in [3.63, 3.8) is 0 Å². The van der Waals surface area contributed by atoms with Gasteiger partial charge in [-0.15, -0.1) is 12.4 Å². The Morgan fingerprint density at radius 1 is 1.20 bits per heavy atom. The zero-order valence-electron chi connectivity index (χ0n) is 15.1. The highest BCUT2D eigenvalue weighted by Crippen LogP contribution is 2.36. The van der Waals surface area contributed by atoms with E-state index in [-0.39, 0.29) is 12.4 Å². The topological polar surface area (TPSA) is 60.0 Å². The minimum atomic E-state index is 0. The lowest BCUT2D eigenvalue weighted by Gasteiger charge is -2.29. The first-order valence-electron chi connectivity index (χ1n) is 9.08. The first-order chi connectivity index (χ1) is 11.6. The largest absolute Gasteiger partial charge is 0.327 e. The zero-order valence-corrected chi connectivity index (χ0v) is 15.9. The molecule has 2 aromatic rings. The number of halogens is 1. The van der Waals surface area contributed by atoms with Crippen LogP contribution in [0.1, 0.15) is 36.2 Å².